The lowest BCUT2D eigenvalue weighted by atomic mass is 10.1. The van der Waals surface area contributed by atoms with Crippen LogP contribution in [0.25, 0.3) is 0 Å². The van der Waals surface area contributed by atoms with Crippen LogP contribution in [0.4, 0.5) is 0 Å². The zero-order chi connectivity index (χ0) is 15.9. The highest BCUT2D eigenvalue weighted by atomic mass is 16.5. The Hall–Kier alpha value is -1.06. The van der Waals surface area contributed by atoms with Crippen molar-refractivity contribution < 1.29 is 19.1 Å². The van der Waals surface area contributed by atoms with E-state index in [2.05, 4.69) is 20.8 Å². The van der Waals surface area contributed by atoms with Crippen LogP contribution in [0, 0.1) is 5.92 Å². The maximum Gasteiger partial charge on any atom is 0.305 e. The van der Waals surface area contributed by atoms with Crippen molar-refractivity contribution in [3.05, 3.63) is 0 Å². The largest absolute Gasteiger partial charge is 0.466 e. The van der Waals surface area contributed by atoms with Crippen LogP contribution in [-0.4, -0.2) is 25.2 Å². The van der Waals surface area contributed by atoms with Gasteiger partial charge in [-0.3, -0.25) is 9.59 Å². The maximum absolute atomic E-state index is 11.5. The lowest BCUT2D eigenvalue weighted by molar-refractivity contribution is -0.146. The standard InChI is InChI=1S/C17H32O4/c1-4-6-9-13-20-16(18)10-7-8-11-17(19)21-14-12-15(3)5-2/h15H,4-14H2,1-3H3. The summed E-state index contributed by atoms with van der Waals surface area (Å²) in [4.78, 5) is 22.9. The van der Waals surface area contributed by atoms with Gasteiger partial charge in [-0.15, -0.1) is 0 Å². The van der Waals surface area contributed by atoms with E-state index in [-0.39, 0.29) is 11.9 Å². The van der Waals surface area contributed by atoms with E-state index in [9.17, 15) is 9.59 Å². The molecule has 0 N–H and O–H groups in total. The number of rotatable bonds is 13. The van der Waals surface area contributed by atoms with Crippen molar-refractivity contribution in [1.82, 2.24) is 0 Å². The van der Waals surface area contributed by atoms with E-state index in [1.54, 1.807) is 0 Å². The van der Waals surface area contributed by atoms with Gasteiger partial charge in [0, 0.05) is 12.8 Å². The van der Waals surface area contributed by atoms with Gasteiger partial charge in [-0.05, 0) is 31.6 Å². The Labute approximate surface area is 129 Å². The van der Waals surface area contributed by atoms with Gasteiger partial charge in [0.05, 0.1) is 13.2 Å². The van der Waals surface area contributed by atoms with Crippen molar-refractivity contribution in [1.29, 1.82) is 0 Å². The van der Waals surface area contributed by atoms with Gasteiger partial charge >= 0.3 is 11.9 Å². The SMILES string of the molecule is CCCCCOC(=O)CCCCC(=O)OCCC(C)CC. The lowest BCUT2D eigenvalue weighted by Gasteiger charge is -2.09. The van der Waals surface area contributed by atoms with Crippen LogP contribution in [0.2, 0.25) is 0 Å². The minimum absolute atomic E-state index is 0.156. The van der Waals surface area contributed by atoms with E-state index in [0.29, 0.717) is 44.8 Å². The summed E-state index contributed by atoms with van der Waals surface area (Å²) < 4.78 is 10.3. The zero-order valence-electron chi connectivity index (χ0n) is 14.0. The van der Waals surface area contributed by atoms with E-state index in [1.165, 1.54) is 0 Å². The van der Waals surface area contributed by atoms with Crippen LogP contribution in [-0.2, 0) is 19.1 Å². The Morgan fingerprint density at radius 3 is 1.95 bits per heavy atom. The molecule has 0 saturated carbocycles. The van der Waals surface area contributed by atoms with Crippen molar-refractivity contribution in [2.75, 3.05) is 13.2 Å². The Balaban J connectivity index is 3.40. The quantitative estimate of drug-likeness (QED) is 0.377. The molecule has 0 aromatic carbocycles. The first kappa shape index (κ1) is 19.9. The second kappa shape index (κ2) is 13.9. The highest BCUT2D eigenvalue weighted by Crippen LogP contribution is 2.08. The monoisotopic (exact) mass is 300 g/mol. The summed E-state index contributed by atoms with van der Waals surface area (Å²) in [6.07, 6.45) is 7.34. The van der Waals surface area contributed by atoms with E-state index in [1.807, 2.05) is 0 Å². The number of ether oxygens (including phenoxy) is 2. The normalized spacial score (nSPS) is 12.0. The predicted molar refractivity (Wildman–Crippen MR) is 84.0 cm³/mol. The van der Waals surface area contributed by atoms with Gasteiger partial charge < -0.3 is 9.47 Å². The number of hydrogen-bond donors (Lipinski definition) is 0. The number of hydrogen-bond acceptors (Lipinski definition) is 4. The molecular weight excluding hydrogens is 268 g/mol. The van der Waals surface area contributed by atoms with E-state index >= 15 is 0 Å². The third-order valence-corrected chi connectivity index (χ3v) is 3.59. The van der Waals surface area contributed by atoms with Crippen molar-refractivity contribution in [3.8, 4) is 0 Å². The van der Waals surface area contributed by atoms with E-state index in [4.69, 9.17) is 9.47 Å². The van der Waals surface area contributed by atoms with Gasteiger partial charge in [-0.1, -0.05) is 40.0 Å². The molecule has 0 spiro atoms. The first-order valence-corrected chi connectivity index (χ1v) is 8.41. The highest BCUT2D eigenvalue weighted by molar-refractivity contribution is 5.70. The molecule has 4 heteroatoms. The first-order valence-electron chi connectivity index (χ1n) is 8.41. The molecule has 0 fully saturated rings. The van der Waals surface area contributed by atoms with Crippen LogP contribution in [0.1, 0.15) is 78.6 Å². The Bertz CT molecular complexity index is 276. The number of unbranched alkanes of at least 4 members (excludes halogenated alkanes) is 3. The summed E-state index contributed by atoms with van der Waals surface area (Å²) >= 11 is 0. The maximum atomic E-state index is 11.5. The molecule has 0 radical (unpaired) electrons. The van der Waals surface area contributed by atoms with Crippen molar-refractivity contribution in [3.63, 3.8) is 0 Å². The summed E-state index contributed by atoms with van der Waals surface area (Å²) in [6, 6.07) is 0. The van der Waals surface area contributed by atoms with Crippen LogP contribution >= 0.6 is 0 Å². The fraction of sp³-hybridized carbons (Fsp3) is 0.882. The molecule has 0 aliphatic heterocycles. The van der Waals surface area contributed by atoms with E-state index in [0.717, 1.165) is 32.1 Å². The molecule has 1 atom stereocenters. The van der Waals surface area contributed by atoms with Crippen LogP contribution in [0.15, 0.2) is 0 Å². The smallest absolute Gasteiger partial charge is 0.305 e. The summed E-state index contributed by atoms with van der Waals surface area (Å²) in [5.74, 6) is 0.283. The van der Waals surface area contributed by atoms with Crippen molar-refractivity contribution in [2.45, 2.75) is 78.6 Å². The van der Waals surface area contributed by atoms with Crippen LogP contribution < -0.4 is 0 Å². The van der Waals surface area contributed by atoms with Gasteiger partial charge in [-0.25, -0.2) is 0 Å². The summed E-state index contributed by atoms with van der Waals surface area (Å²) in [7, 11) is 0. The number of carbonyl (C=O) groups is 2. The molecule has 0 heterocycles. The third kappa shape index (κ3) is 13.7. The fourth-order valence-electron chi connectivity index (χ4n) is 1.80. The molecule has 0 saturated heterocycles. The average Bonchev–Trinajstić information content (AvgIpc) is 2.48. The minimum Gasteiger partial charge on any atom is -0.466 e. The summed E-state index contributed by atoms with van der Waals surface area (Å²) in [6.45, 7) is 7.43. The molecule has 0 aromatic heterocycles. The molecule has 0 aliphatic rings. The molecule has 0 aliphatic carbocycles. The van der Waals surface area contributed by atoms with Crippen LogP contribution in [0.5, 0.6) is 0 Å². The number of carbonyl (C=O) groups excluding carboxylic acids is 2. The van der Waals surface area contributed by atoms with Gasteiger partial charge in [0.1, 0.15) is 0 Å². The Morgan fingerprint density at radius 2 is 1.43 bits per heavy atom. The Morgan fingerprint density at radius 1 is 0.857 bits per heavy atom. The number of esters is 2. The first-order chi connectivity index (χ1) is 10.1. The van der Waals surface area contributed by atoms with Crippen molar-refractivity contribution in [2.24, 2.45) is 5.92 Å². The lowest BCUT2D eigenvalue weighted by Crippen LogP contribution is -2.09. The van der Waals surface area contributed by atoms with E-state index < -0.39 is 0 Å². The fourth-order valence-corrected chi connectivity index (χ4v) is 1.80. The molecule has 1 unspecified atom stereocenters. The van der Waals surface area contributed by atoms with Crippen molar-refractivity contribution >= 4 is 11.9 Å². The summed E-state index contributed by atoms with van der Waals surface area (Å²) in [5, 5.41) is 0. The highest BCUT2D eigenvalue weighted by Gasteiger charge is 2.07. The molecule has 4 nitrogen and oxygen atoms in total. The molecule has 0 bridgehead atoms. The summed E-state index contributed by atoms with van der Waals surface area (Å²) in [5.41, 5.74) is 0. The van der Waals surface area contributed by atoms with Crippen LogP contribution in [0.3, 0.4) is 0 Å². The molecule has 0 rings (SSSR count). The zero-order valence-corrected chi connectivity index (χ0v) is 14.0. The third-order valence-electron chi connectivity index (χ3n) is 3.59. The van der Waals surface area contributed by atoms with Gasteiger partial charge in [0.25, 0.3) is 0 Å². The molecule has 21 heavy (non-hydrogen) atoms. The molecular formula is C17H32O4. The van der Waals surface area contributed by atoms with Gasteiger partial charge in [-0.2, -0.15) is 0 Å². The predicted octanol–water partition coefficient (Wildman–Crippen LogP) is 4.26. The van der Waals surface area contributed by atoms with Gasteiger partial charge in [0.2, 0.25) is 0 Å². The molecule has 124 valence electrons. The molecule has 0 aromatic rings. The topological polar surface area (TPSA) is 52.6 Å². The Kier molecular flexibility index (Phi) is 13.2. The second-order valence-electron chi connectivity index (χ2n) is 5.66. The minimum atomic E-state index is -0.158. The van der Waals surface area contributed by atoms with Gasteiger partial charge in [0.15, 0.2) is 0 Å². The molecule has 0 amide bonds. The second-order valence-corrected chi connectivity index (χ2v) is 5.66. The average molecular weight is 300 g/mol.